The van der Waals surface area contributed by atoms with Crippen LogP contribution in [0.2, 0.25) is 0 Å². The van der Waals surface area contributed by atoms with Crippen LogP contribution in [-0.2, 0) is 10.1 Å². The number of rotatable bonds is 2. The van der Waals surface area contributed by atoms with E-state index in [2.05, 4.69) is 4.98 Å². The summed E-state index contributed by atoms with van der Waals surface area (Å²) in [5.41, 5.74) is 0.723. The highest BCUT2D eigenvalue weighted by Crippen LogP contribution is 2.29. The minimum absolute atomic E-state index is 0.103. The van der Waals surface area contributed by atoms with E-state index in [1.807, 2.05) is 19.0 Å². The first kappa shape index (κ1) is 11.3. The van der Waals surface area contributed by atoms with Crippen LogP contribution in [0.1, 0.15) is 0 Å². The Hall–Kier alpha value is -1.18. The van der Waals surface area contributed by atoms with Crippen LogP contribution in [0.4, 0.5) is 5.13 Å². The second-order valence-electron chi connectivity index (χ2n) is 3.50. The minimum atomic E-state index is -4.14. The Morgan fingerprint density at radius 2 is 2.06 bits per heavy atom. The van der Waals surface area contributed by atoms with Crippen molar-refractivity contribution in [1.29, 1.82) is 0 Å². The van der Waals surface area contributed by atoms with E-state index in [1.54, 1.807) is 6.07 Å². The van der Waals surface area contributed by atoms with Crippen LogP contribution < -0.4 is 4.90 Å². The largest absolute Gasteiger partial charge is 0.354 e. The Labute approximate surface area is 97.1 Å². The number of aromatic nitrogens is 1. The SMILES string of the molecule is CN(C)c1nc2ccc(S(=O)(=O)O)cc2s1. The molecule has 1 aromatic carbocycles. The van der Waals surface area contributed by atoms with Crippen molar-refractivity contribution >= 4 is 36.8 Å². The Bertz CT molecular complexity index is 631. The Balaban J connectivity index is 2.63. The lowest BCUT2D eigenvalue weighted by Crippen LogP contribution is -2.07. The summed E-state index contributed by atoms with van der Waals surface area (Å²) in [6.07, 6.45) is 0. The molecule has 2 rings (SSSR count). The number of thiazole rings is 1. The molecule has 0 spiro atoms. The maximum atomic E-state index is 10.9. The smallest absolute Gasteiger partial charge is 0.294 e. The Morgan fingerprint density at radius 1 is 1.38 bits per heavy atom. The zero-order chi connectivity index (χ0) is 11.9. The molecule has 0 saturated heterocycles. The zero-order valence-corrected chi connectivity index (χ0v) is 10.3. The van der Waals surface area contributed by atoms with Gasteiger partial charge in [0, 0.05) is 14.1 Å². The molecule has 2 aromatic rings. The highest BCUT2D eigenvalue weighted by Gasteiger charge is 2.12. The summed E-state index contributed by atoms with van der Waals surface area (Å²) in [6.45, 7) is 0. The summed E-state index contributed by atoms with van der Waals surface area (Å²) in [7, 11) is -0.415. The van der Waals surface area contributed by atoms with Crippen molar-refractivity contribution in [3.05, 3.63) is 18.2 Å². The molecule has 1 aromatic heterocycles. The van der Waals surface area contributed by atoms with E-state index in [-0.39, 0.29) is 4.90 Å². The van der Waals surface area contributed by atoms with Gasteiger partial charge in [0.15, 0.2) is 5.13 Å². The van der Waals surface area contributed by atoms with Gasteiger partial charge in [-0.15, -0.1) is 0 Å². The van der Waals surface area contributed by atoms with Gasteiger partial charge in [-0.05, 0) is 18.2 Å². The van der Waals surface area contributed by atoms with Crippen LogP contribution in [-0.4, -0.2) is 32.0 Å². The van der Waals surface area contributed by atoms with E-state index in [4.69, 9.17) is 4.55 Å². The number of fused-ring (bicyclic) bond motifs is 1. The van der Waals surface area contributed by atoms with Gasteiger partial charge in [-0.3, -0.25) is 4.55 Å². The molecule has 0 unspecified atom stereocenters. The van der Waals surface area contributed by atoms with Crippen molar-refractivity contribution in [2.24, 2.45) is 0 Å². The van der Waals surface area contributed by atoms with E-state index in [0.717, 1.165) is 15.3 Å². The van der Waals surface area contributed by atoms with E-state index in [9.17, 15) is 8.42 Å². The third-order valence-electron chi connectivity index (χ3n) is 2.03. The summed E-state index contributed by atoms with van der Waals surface area (Å²) >= 11 is 1.37. The maximum Gasteiger partial charge on any atom is 0.294 e. The summed E-state index contributed by atoms with van der Waals surface area (Å²) in [5.74, 6) is 0. The predicted octanol–water partition coefficient (Wildman–Crippen LogP) is 1.61. The van der Waals surface area contributed by atoms with Crippen molar-refractivity contribution < 1.29 is 13.0 Å². The van der Waals surface area contributed by atoms with Gasteiger partial charge >= 0.3 is 0 Å². The maximum absolute atomic E-state index is 10.9. The van der Waals surface area contributed by atoms with E-state index >= 15 is 0 Å². The molecular weight excluding hydrogens is 248 g/mol. The molecule has 0 aliphatic rings. The van der Waals surface area contributed by atoms with Crippen LogP contribution in [0.5, 0.6) is 0 Å². The number of nitrogens with zero attached hydrogens (tertiary/aromatic N) is 2. The van der Waals surface area contributed by atoms with Crippen molar-refractivity contribution in [2.45, 2.75) is 4.90 Å². The molecule has 16 heavy (non-hydrogen) atoms. The normalized spacial score (nSPS) is 11.9. The fourth-order valence-corrected chi connectivity index (χ4v) is 2.75. The molecule has 1 heterocycles. The second-order valence-corrected chi connectivity index (χ2v) is 5.93. The Morgan fingerprint density at radius 3 is 2.62 bits per heavy atom. The molecule has 86 valence electrons. The van der Waals surface area contributed by atoms with Gasteiger partial charge in [0.2, 0.25) is 0 Å². The van der Waals surface area contributed by atoms with Crippen molar-refractivity contribution in [2.75, 3.05) is 19.0 Å². The lowest BCUT2D eigenvalue weighted by atomic mass is 10.3. The molecular formula is C9H10N2O3S2. The molecule has 0 radical (unpaired) electrons. The first-order valence-electron chi connectivity index (χ1n) is 4.43. The number of hydrogen-bond donors (Lipinski definition) is 1. The van der Waals surface area contributed by atoms with Gasteiger partial charge in [-0.1, -0.05) is 11.3 Å². The topological polar surface area (TPSA) is 70.5 Å². The van der Waals surface area contributed by atoms with Crippen LogP contribution in [0.15, 0.2) is 23.1 Å². The zero-order valence-electron chi connectivity index (χ0n) is 8.71. The third-order valence-corrected chi connectivity index (χ3v) is 4.06. The Kier molecular flexibility index (Phi) is 2.61. The van der Waals surface area contributed by atoms with Gasteiger partial charge in [0.05, 0.1) is 15.1 Å². The second kappa shape index (κ2) is 3.69. The van der Waals surface area contributed by atoms with E-state index in [0.29, 0.717) is 0 Å². The van der Waals surface area contributed by atoms with Crippen LogP contribution in [0.25, 0.3) is 10.2 Å². The number of anilines is 1. The van der Waals surface area contributed by atoms with Gasteiger partial charge in [0.25, 0.3) is 10.1 Å². The molecule has 1 N–H and O–H groups in total. The lowest BCUT2D eigenvalue weighted by molar-refractivity contribution is 0.483. The highest BCUT2D eigenvalue weighted by molar-refractivity contribution is 7.85. The van der Waals surface area contributed by atoms with E-state index in [1.165, 1.54) is 23.5 Å². The molecule has 0 amide bonds. The first-order valence-corrected chi connectivity index (χ1v) is 6.69. The summed E-state index contributed by atoms with van der Waals surface area (Å²) in [5, 5.41) is 0.794. The van der Waals surface area contributed by atoms with Gasteiger partial charge in [0.1, 0.15) is 0 Å². The summed E-state index contributed by atoms with van der Waals surface area (Å²) in [4.78, 5) is 6.05. The van der Waals surface area contributed by atoms with Crippen LogP contribution >= 0.6 is 11.3 Å². The van der Waals surface area contributed by atoms with Crippen LogP contribution in [0.3, 0.4) is 0 Å². The summed E-state index contributed by atoms with van der Waals surface area (Å²) < 4.78 is 31.5. The number of hydrogen-bond acceptors (Lipinski definition) is 5. The fourth-order valence-electron chi connectivity index (χ4n) is 1.24. The molecule has 0 fully saturated rings. The molecule has 0 saturated carbocycles. The average Bonchev–Trinajstić information content (AvgIpc) is 2.58. The quantitative estimate of drug-likeness (QED) is 0.829. The fraction of sp³-hybridized carbons (Fsp3) is 0.222. The molecule has 0 aliphatic carbocycles. The molecule has 0 bridgehead atoms. The summed E-state index contributed by atoms with van der Waals surface area (Å²) in [6, 6.07) is 4.36. The minimum Gasteiger partial charge on any atom is -0.354 e. The molecule has 0 aliphatic heterocycles. The first-order chi connectivity index (χ1) is 7.38. The van der Waals surface area contributed by atoms with Crippen LogP contribution in [0, 0.1) is 0 Å². The van der Waals surface area contributed by atoms with Gasteiger partial charge in [-0.2, -0.15) is 8.42 Å². The average molecular weight is 258 g/mol. The lowest BCUT2D eigenvalue weighted by Gasteiger charge is -2.04. The van der Waals surface area contributed by atoms with Crippen molar-refractivity contribution in [3.63, 3.8) is 0 Å². The molecule has 7 heteroatoms. The predicted molar refractivity (Wildman–Crippen MR) is 63.8 cm³/mol. The highest BCUT2D eigenvalue weighted by atomic mass is 32.2. The molecule has 0 atom stereocenters. The number of benzene rings is 1. The van der Waals surface area contributed by atoms with Gasteiger partial charge < -0.3 is 4.90 Å². The monoisotopic (exact) mass is 258 g/mol. The molecule has 5 nitrogen and oxygen atoms in total. The third kappa shape index (κ3) is 2.01. The van der Waals surface area contributed by atoms with Crippen molar-refractivity contribution in [3.8, 4) is 0 Å². The standard InChI is InChI=1S/C9H10N2O3S2/c1-11(2)9-10-7-4-3-6(16(12,13)14)5-8(7)15-9/h3-5H,1-2H3,(H,12,13,14). The van der Waals surface area contributed by atoms with Crippen molar-refractivity contribution in [1.82, 2.24) is 4.98 Å². The van der Waals surface area contributed by atoms with Gasteiger partial charge in [-0.25, -0.2) is 4.98 Å². The van der Waals surface area contributed by atoms with E-state index < -0.39 is 10.1 Å².